The first kappa shape index (κ1) is 27.6. The lowest BCUT2D eigenvalue weighted by atomic mass is 9.98. The average molecular weight is 537 g/mol. The standard InChI is InChI=1S/C26H29F5N6O/c1-14-13-36(8-9-37(14)24-32-12-19(25(4,5)38)22(33-24)26(29,30)31)23-16(3)15(2)21(34-35-23)10-17-6-7-18(27)11-20(17)28/h6-7,11-12,14,38H,8-10,13H2,1-5H3. The largest absolute Gasteiger partial charge is 0.433 e. The highest BCUT2D eigenvalue weighted by molar-refractivity contribution is 5.52. The molecule has 0 amide bonds. The topological polar surface area (TPSA) is 78.3 Å². The van der Waals surface area contributed by atoms with E-state index in [1.165, 1.54) is 26.0 Å². The van der Waals surface area contributed by atoms with Gasteiger partial charge in [-0.05, 0) is 57.4 Å². The predicted octanol–water partition coefficient (Wildman–Crippen LogP) is 4.71. The number of anilines is 2. The van der Waals surface area contributed by atoms with Gasteiger partial charge in [0.1, 0.15) is 11.6 Å². The molecule has 1 aliphatic heterocycles. The Morgan fingerprint density at radius 3 is 2.37 bits per heavy atom. The lowest BCUT2D eigenvalue weighted by molar-refractivity contribution is -0.144. The summed E-state index contributed by atoms with van der Waals surface area (Å²) in [4.78, 5) is 11.6. The molecular formula is C26H29F5N6O. The molecule has 0 radical (unpaired) electrons. The zero-order valence-electron chi connectivity index (χ0n) is 21.7. The molecule has 3 aromatic rings. The molecule has 12 heteroatoms. The maximum Gasteiger partial charge on any atom is 0.433 e. The Balaban J connectivity index is 1.54. The summed E-state index contributed by atoms with van der Waals surface area (Å²) in [5, 5.41) is 18.9. The van der Waals surface area contributed by atoms with Crippen LogP contribution in [-0.2, 0) is 18.2 Å². The Bertz CT molecular complexity index is 1340. The van der Waals surface area contributed by atoms with E-state index in [1.54, 1.807) is 4.90 Å². The molecule has 0 bridgehead atoms. The fourth-order valence-corrected chi connectivity index (χ4v) is 4.58. The summed E-state index contributed by atoms with van der Waals surface area (Å²) >= 11 is 0. The molecule has 1 N–H and O–H groups in total. The minimum absolute atomic E-state index is 0.0619. The molecule has 204 valence electrons. The lowest BCUT2D eigenvalue weighted by Gasteiger charge is -2.41. The number of hydrogen-bond acceptors (Lipinski definition) is 7. The summed E-state index contributed by atoms with van der Waals surface area (Å²) in [5.74, 6) is -0.730. The molecule has 1 saturated heterocycles. The van der Waals surface area contributed by atoms with Crippen molar-refractivity contribution in [2.24, 2.45) is 0 Å². The van der Waals surface area contributed by atoms with Crippen molar-refractivity contribution in [1.82, 2.24) is 20.2 Å². The fourth-order valence-electron chi connectivity index (χ4n) is 4.58. The van der Waals surface area contributed by atoms with Crippen LogP contribution in [0.4, 0.5) is 33.7 Å². The molecule has 4 rings (SSSR count). The van der Waals surface area contributed by atoms with Crippen molar-refractivity contribution in [2.75, 3.05) is 29.4 Å². The minimum Gasteiger partial charge on any atom is -0.386 e. The van der Waals surface area contributed by atoms with Crippen molar-refractivity contribution in [2.45, 2.75) is 58.9 Å². The molecule has 1 aliphatic rings. The van der Waals surface area contributed by atoms with Gasteiger partial charge in [0.15, 0.2) is 11.5 Å². The van der Waals surface area contributed by atoms with Gasteiger partial charge in [0.2, 0.25) is 5.95 Å². The second kappa shape index (κ2) is 10.0. The van der Waals surface area contributed by atoms with Crippen molar-refractivity contribution >= 4 is 11.8 Å². The Morgan fingerprint density at radius 1 is 1.05 bits per heavy atom. The number of benzene rings is 1. The van der Waals surface area contributed by atoms with Gasteiger partial charge >= 0.3 is 6.18 Å². The summed E-state index contributed by atoms with van der Waals surface area (Å²) in [5.41, 5.74) is -0.735. The van der Waals surface area contributed by atoms with Crippen LogP contribution in [0.2, 0.25) is 0 Å². The van der Waals surface area contributed by atoms with Gasteiger partial charge in [-0.2, -0.15) is 18.3 Å². The number of rotatable bonds is 5. The van der Waals surface area contributed by atoms with E-state index >= 15 is 0 Å². The number of piperazine rings is 1. The highest BCUT2D eigenvalue weighted by Crippen LogP contribution is 2.36. The zero-order chi connectivity index (χ0) is 28.0. The maximum absolute atomic E-state index is 14.1. The molecule has 1 atom stereocenters. The van der Waals surface area contributed by atoms with Gasteiger partial charge in [0.25, 0.3) is 0 Å². The van der Waals surface area contributed by atoms with Crippen LogP contribution >= 0.6 is 0 Å². The summed E-state index contributed by atoms with van der Waals surface area (Å²) in [7, 11) is 0. The van der Waals surface area contributed by atoms with E-state index < -0.39 is 29.1 Å². The monoisotopic (exact) mass is 536 g/mol. The van der Waals surface area contributed by atoms with E-state index in [0.717, 1.165) is 23.4 Å². The number of alkyl halides is 3. The molecule has 3 heterocycles. The van der Waals surface area contributed by atoms with Crippen molar-refractivity contribution in [3.63, 3.8) is 0 Å². The second-order valence-electron chi connectivity index (χ2n) is 10.1. The quantitative estimate of drug-likeness (QED) is 0.473. The zero-order valence-corrected chi connectivity index (χ0v) is 21.7. The van der Waals surface area contributed by atoms with E-state index in [0.29, 0.717) is 36.7 Å². The van der Waals surface area contributed by atoms with Crippen LogP contribution in [0.5, 0.6) is 0 Å². The molecule has 0 saturated carbocycles. The van der Waals surface area contributed by atoms with Crippen LogP contribution in [0.1, 0.15) is 54.4 Å². The van der Waals surface area contributed by atoms with E-state index in [9.17, 15) is 27.1 Å². The van der Waals surface area contributed by atoms with Gasteiger partial charge in [-0.3, -0.25) is 0 Å². The van der Waals surface area contributed by atoms with Gasteiger partial charge < -0.3 is 14.9 Å². The predicted molar refractivity (Wildman–Crippen MR) is 132 cm³/mol. The molecule has 0 aliphatic carbocycles. The van der Waals surface area contributed by atoms with E-state index in [1.807, 2.05) is 25.7 Å². The summed E-state index contributed by atoms with van der Waals surface area (Å²) in [6.45, 7) is 9.32. The summed E-state index contributed by atoms with van der Waals surface area (Å²) in [6, 6.07) is 3.16. The number of aliphatic hydroxyl groups is 1. The molecule has 1 fully saturated rings. The molecule has 0 spiro atoms. The van der Waals surface area contributed by atoms with Gasteiger partial charge in [-0.15, -0.1) is 5.10 Å². The first-order chi connectivity index (χ1) is 17.7. The highest BCUT2D eigenvalue weighted by atomic mass is 19.4. The third-order valence-electron chi connectivity index (χ3n) is 6.86. The van der Waals surface area contributed by atoms with Crippen molar-refractivity contribution in [3.05, 3.63) is 69.7 Å². The highest BCUT2D eigenvalue weighted by Gasteiger charge is 2.41. The lowest BCUT2D eigenvalue weighted by Crippen LogP contribution is -2.53. The Hall–Kier alpha value is -3.41. The van der Waals surface area contributed by atoms with Crippen LogP contribution in [-0.4, -0.2) is 50.9 Å². The van der Waals surface area contributed by atoms with Gasteiger partial charge in [-0.1, -0.05) is 6.07 Å². The SMILES string of the molecule is Cc1c(Cc2ccc(F)cc2F)nnc(N2CCN(c3ncc(C(C)(C)O)c(C(F)(F)F)n3)C(C)C2)c1C. The van der Waals surface area contributed by atoms with E-state index in [-0.39, 0.29) is 24.0 Å². The van der Waals surface area contributed by atoms with Crippen LogP contribution in [0.15, 0.2) is 24.4 Å². The Labute approximate surface area is 217 Å². The second-order valence-corrected chi connectivity index (χ2v) is 10.1. The Kier molecular flexibility index (Phi) is 7.30. The van der Waals surface area contributed by atoms with Gasteiger partial charge in [0, 0.05) is 49.9 Å². The third-order valence-corrected chi connectivity index (χ3v) is 6.86. The molecular weight excluding hydrogens is 507 g/mol. The molecule has 7 nitrogen and oxygen atoms in total. The van der Waals surface area contributed by atoms with Crippen molar-refractivity contribution < 1.29 is 27.1 Å². The minimum atomic E-state index is -4.75. The van der Waals surface area contributed by atoms with Crippen LogP contribution < -0.4 is 9.80 Å². The van der Waals surface area contributed by atoms with Crippen molar-refractivity contribution in [1.29, 1.82) is 0 Å². The smallest absolute Gasteiger partial charge is 0.386 e. The normalized spacial score (nSPS) is 16.8. The first-order valence-corrected chi connectivity index (χ1v) is 12.1. The van der Waals surface area contributed by atoms with Crippen LogP contribution in [0.3, 0.4) is 0 Å². The molecule has 1 unspecified atom stereocenters. The summed E-state index contributed by atoms with van der Waals surface area (Å²) in [6.07, 6.45) is -3.55. The first-order valence-electron chi connectivity index (χ1n) is 12.1. The van der Waals surface area contributed by atoms with Crippen LogP contribution in [0, 0.1) is 25.5 Å². The van der Waals surface area contributed by atoms with E-state index in [2.05, 4.69) is 20.2 Å². The van der Waals surface area contributed by atoms with Gasteiger partial charge in [-0.25, -0.2) is 18.7 Å². The number of aromatic nitrogens is 4. The average Bonchev–Trinajstić information content (AvgIpc) is 2.82. The number of hydrogen-bond donors (Lipinski definition) is 1. The van der Waals surface area contributed by atoms with Crippen molar-refractivity contribution in [3.8, 4) is 0 Å². The number of nitrogens with zero attached hydrogens (tertiary/aromatic N) is 6. The molecule has 1 aromatic carbocycles. The Morgan fingerprint density at radius 2 is 1.76 bits per heavy atom. The maximum atomic E-state index is 14.1. The van der Waals surface area contributed by atoms with E-state index in [4.69, 9.17) is 0 Å². The third kappa shape index (κ3) is 5.54. The molecule has 2 aromatic heterocycles. The molecule has 38 heavy (non-hydrogen) atoms. The van der Waals surface area contributed by atoms with Crippen LogP contribution in [0.25, 0.3) is 0 Å². The fraction of sp³-hybridized carbons (Fsp3) is 0.462. The number of halogens is 5. The summed E-state index contributed by atoms with van der Waals surface area (Å²) < 4.78 is 68.5. The van der Waals surface area contributed by atoms with Gasteiger partial charge in [0.05, 0.1) is 11.3 Å².